The third-order valence-electron chi connectivity index (χ3n) is 2.63. The summed E-state index contributed by atoms with van der Waals surface area (Å²) >= 11 is 0. The number of nitrogen functional groups attached to an aromatic ring is 1. The average Bonchev–Trinajstić information content (AvgIpc) is 2.39. The second-order valence-electron chi connectivity index (χ2n) is 3.83. The molecule has 0 heterocycles. The molecule has 6 nitrogen and oxygen atoms in total. The number of anilines is 3. The monoisotopic (exact) mass is 259 g/mol. The average molecular weight is 259 g/mol. The van der Waals surface area contributed by atoms with Crippen molar-refractivity contribution >= 4 is 22.7 Å². The first-order valence-electron chi connectivity index (χ1n) is 5.56. The fraction of sp³-hybridized carbons (Fsp3) is 0.0769. The number of nitro benzene ring substituents is 1. The maximum atomic E-state index is 11.0. The smallest absolute Gasteiger partial charge is 0.315 e. The van der Waals surface area contributed by atoms with Crippen molar-refractivity contribution < 1.29 is 9.66 Å². The Hall–Kier alpha value is -2.76. The third kappa shape index (κ3) is 2.57. The number of nitro groups is 1. The number of nitrogens with zero attached hydrogens (tertiary/aromatic N) is 1. The van der Waals surface area contributed by atoms with Gasteiger partial charge in [0, 0.05) is 0 Å². The summed E-state index contributed by atoms with van der Waals surface area (Å²) < 4.78 is 5.18. The first kappa shape index (κ1) is 12.7. The maximum Gasteiger partial charge on any atom is 0.315 e. The van der Waals surface area contributed by atoms with E-state index in [0.29, 0.717) is 17.1 Å². The van der Waals surface area contributed by atoms with E-state index in [1.165, 1.54) is 13.2 Å². The molecule has 0 amide bonds. The normalized spacial score (nSPS) is 9.95. The van der Waals surface area contributed by atoms with E-state index in [1.807, 2.05) is 12.1 Å². The van der Waals surface area contributed by atoms with Gasteiger partial charge >= 0.3 is 5.69 Å². The van der Waals surface area contributed by atoms with Crippen LogP contribution in [0, 0.1) is 10.1 Å². The second-order valence-corrected chi connectivity index (χ2v) is 3.83. The van der Waals surface area contributed by atoms with Crippen LogP contribution in [0.25, 0.3) is 0 Å². The first-order chi connectivity index (χ1) is 9.13. The predicted molar refractivity (Wildman–Crippen MR) is 73.8 cm³/mol. The Morgan fingerprint density at radius 2 is 1.84 bits per heavy atom. The van der Waals surface area contributed by atoms with Crippen LogP contribution < -0.4 is 15.8 Å². The zero-order chi connectivity index (χ0) is 13.8. The molecule has 98 valence electrons. The molecule has 6 heteroatoms. The molecule has 0 aliphatic rings. The summed E-state index contributed by atoms with van der Waals surface area (Å²) in [6, 6.07) is 11.9. The summed E-state index contributed by atoms with van der Waals surface area (Å²) in [6.45, 7) is 0. The lowest BCUT2D eigenvalue weighted by atomic mass is 10.2. The van der Waals surface area contributed by atoms with Gasteiger partial charge in [0.05, 0.1) is 17.7 Å². The molecule has 0 unspecified atom stereocenters. The lowest BCUT2D eigenvalue weighted by molar-refractivity contribution is -0.383. The van der Waals surface area contributed by atoms with Crippen molar-refractivity contribution in [2.24, 2.45) is 0 Å². The van der Waals surface area contributed by atoms with Crippen molar-refractivity contribution in [3.8, 4) is 5.75 Å². The molecule has 3 N–H and O–H groups in total. The van der Waals surface area contributed by atoms with E-state index in [1.54, 1.807) is 24.3 Å². The van der Waals surface area contributed by atoms with Gasteiger partial charge in [-0.2, -0.15) is 0 Å². The zero-order valence-corrected chi connectivity index (χ0v) is 10.3. The molecule has 0 radical (unpaired) electrons. The van der Waals surface area contributed by atoms with E-state index >= 15 is 0 Å². The summed E-state index contributed by atoms with van der Waals surface area (Å²) in [5, 5.41) is 14.0. The molecular weight excluding hydrogens is 246 g/mol. The lowest BCUT2D eigenvalue weighted by Crippen LogP contribution is -2.01. The van der Waals surface area contributed by atoms with Gasteiger partial charge in [-0.1, -0.05) is 18.2 Å². The molecule has 0 bridgehead atoms. The SMILES string of the molecule is COc1ccccc1Nc1cccc(N)c1[N+](=O)[O-]. The van der Waals surface area contributed by atoms with Gasteiger partial charge in [0.2, 0.25) is 0 Å². The van der Waals surface area contributed by atoms with Crippen LogP contribution in [-0.4, -0.2) is 12.0 Å². The molecule has 0 saturated heterocycles. The van der Waals surface area contributed by atoms with Crippen molar-refractivity contribution in [2.75, 3.05) is 18.2 Å². The van der Waals surface area contributed by atoms with Gasteiger partial charge in [-0.3, -0.25) is 10.1 Å². The molecule has 2 aromatic rings. The molecule has 0 aliphatic carbocycles. The van der Waals surface area contributed by atoms with Crippen LogP contribution in [0.15, 0.2) is 42.5 Å². The Kier molecular flexibility index (Phi) is 3.51. The Labute approximate surface area is 110 Å². The number of para-hydroxylation sites is 3. The van der Waals surface area contributed by atoms with Gasteiger partial charge in [0.1, 0.15) is 17.1 Å². The van der Waals surface area contributed by atoms with Gasteiger partial charge < -0.3 is 15.8 Å². The molecule has 0 atom stereocenters. The number of hydrogen-bond donors (Lipinski definition) is 2. The van der Waals surface area contributed by atoms with Crippen molar-refractivity contribution in [3.05, 3.63) is 52.6 Å². The Balaban J connectivity index is 2.44. The predicted octanol–water partition coefficient (Wildman–Crippen LogP) is 2.93. The van der Waals surface area contributed by atoms with Crippen LogP contribution >= 0.6 is 0 Å². The Morgan fingerprint density at radius 3 is 2.53 bits per heavy atom. The molecule has 0 saturated carbocycles. The number of ether oxygens (including phenoxy) is 1. The molecule has 2 rings (SSSR count). The van der Waals surface area contributed by atoms with Gasteiger partial charge in [0.25, 0.3) is 0 Å². The lowest BCUT2D eigenvalue weighted by Gasteiger charge is -2.11. The number of benzene rings is 2. The Morgan fingerprint density at radius 1 is 1.16 bits per heavy atom. The highest BCUT2D eigenvalue weighted by Gasteiger charge is 2.18. The van der Waals surface area contributed by atoms with Crippen LogP contribution in [0.5, 0.6) is 5.75 Å². The molecule has 0 aliphatic heterocycles. The highest BCUT2D eigenvalue weighted by atomic mass is 16.6. The van der Waals surface area contributed by atoms with Gasteiger partial charge in [-0.05, 0) is 24.3 Å². The standard InChI is InChI=1S/C13H13N3O3/c1-19-12-8-3-2-6-10(12)15-11-7-4-5-9(14)13(11)16(17)18/h2-8,15H,14H2,1H3. The van der Waals surface area contributed by atoms with E-state index in [4.69, 9.17) is 10.5 Å². The molecule has 0 spiro atoms. The number of hydrogen-bond acceptors (Lipinski definition) is 5. The third-order valence-corrected chi connectivity index (χ3v) is 2.63. The topological polar surface area (TPSA) is 90.4 Å². The van der Waals surface area contributed by atoms with Crippen LogP contribution in [0.1, 0.15) is 0 Å². The van der Waals surface area contributed by atoms with E-state index in [2.05, 4.69) is 5.32 Å². The fourth-order valence-corrected chi connectivity index (χ4v) is 1.76. The van der Waals surface area contributed by atoms with Crippen molar-refractivity contribution in [1.29, 1.82) is 0 Å². The highest BCUT2D eigenvalue weighted by molar-refractivity contribution is 5.79. The number of nitrogens with two attached hydrogens (primary N) is 1. The minimum atomic E-state index is -0.507. The maximum absolute atomic E-state index is 11.0. The number of rotatable bonds is 4. The van der Waals surface area contributed by atoms with E-state index in [9.17, 15) is 10.1 Å². The van der Waals surface area contributed by atoms with Crippen LogP contribution in [-0.2, 0) is 0 Å². The molecule has 2 aromatic carbocycles. The minimum absolute atomic E-state index is 0.116. The fourth-order valence-electron chi connectivity index (χ4n) is 1.76. The van der Waals surface area contributed by atoms with E-state index < -0.39 is 4.92 Å². The van der Waals surface area contributed by atoms with E-state index in [-0.39, 0.29) is 11.4 Å². The van der Waals surface area contributed by atoms with E-state index in [0.717, 1.165) is 0 Å². The highest BCUT2D eigenvalue weighted by Crippen LogP contribution is 2.35. The zero-order valence-electron chi connectivity index (χ0n) is 10.3. The summed E-state index contributed by atoms with van der Waals surface area (Å²) in [6.07, 6.45) is 0. The van der Waals surface area contributed by atoms with Crippen LogP contribution in [0.4, 0.5) is 22.7 Å². The second kappa shape index (κ2) is 5.26. The minimum Gasteiger partial charge on any atom is -0.495 e. The molecular formula is C13H13N3O3. The van der Waals surface area contributed by atoms with Crippen LogP contribution in [0.2, 0.25) is 0 Å². The summed E-state index contributed by atoms with van der Waals surface area (Å²) in [5.74, 6) is 0.597. The van der Waals surface area contributed by atoms with Crippen molar-refractivity contribution in [3.63, 3.8) is 0 Å². The summed E-state index contributed by atoms with van der Waals surface area (Å²) in [5.41, 5.74) is 6.57. The number of nitrogens with one attached hydrogen (secondary N) is 1. The summed E-state index contributed by atoms with van der Waals surface area (Å²) in [7, 11) is 1.54. The Bertz CT molecular complexity index is 614. The molecule has 0 aromatic heterocycles. The van der Waals surface area contributed by atoms with Gasteiger partial charge in [-0.25, -0.2) is 0 Å². The summed E-state index contributed by atoms with van der Waals surface area (Å²) in [4.78, 5) is 10.5. The number of methoxy groups -OCH3 is 1. The largest absolute Gasteiger partial charge is 0.495 e. The van der Waals surface area contributed by atoms with Crippen molar-refractivity contribution in [2.45, 2.75) is 0 Å². The molecule has 0 fully saturated rings. The van der Waals surface area contributed by atoms with Crippen molar-refractivity contribution in [1.82, 2.24) is 0 Å². The van der Waals surface area contributed by atoms with Gasteiger partial charge in [-0.15, -0.1) is 0 Å². The van der Waals surface area contributed by atoms with Gasteiger partial charge in [0.15, 0.2) is 0 Å². The quantitative estimate of drug-likeness (QED) is 0.500. The molecule has 19 heavy (non-hydrogen) atoms. The van der Waals surface area contributed by atoms with Crippen LogP contribution in [0.3, 0.4) is 0 Å². The first-order valence-corrected chi connectivity index (χ1v) is 5.56.